The van der Waals surface area contributed by atoms with Gasteiger partial charge >= 0.3 is 5.97 Å². The number of amides is 1. The van der Waals surface area contributed by atoms with Crippen LogP contribution in [-0.2, 0) is 20.8 Å². The molecule has 0 aliphatic carbocycles. The van der Waals surface area contributed by atoms with Crippen molar-refractivity contribution >= 4 is 17.7 Å². The molecule has 0 N–H and O–H groups in total. The molecular formula is C27H36N2O5. The maximum Gasteiger partial charge on any atom is 0.354 e. The summed E-state index contributed by atoms with van der Waals surface area (Å²) in [6.07, 6.45) is 2.39. The smallest absolute Gasteiger partial charge is 0.354 e. The molecule has 7 nitrogen and oxygen atoms in total. The van der Waals surface area contributed by atoms with E-state index >= 15 is 0 Å². The minimum atomic E-state index is -0.469. The number of hydrogen-bond acceptors (Lipinski definition) is 5. The van der Waals surface area contributed by atoms with Crippen LogP contribution in [0, 0.1) is 13.8 Å². The Kier molecular flexibility index (Phi) is 8.67. The maximum atomic E-state index is 13.7. The summed E-state index contributed by atoms with van der Waals surface area (Å²) in [5, 5.41) is 0. The number of rotatable bonds is 10. The van der Waals surface area contributed by atoms with E-state index in [1.165, 1.54) is 7.11 Å². The van der Waals surface area contributed by atoms with E-state index in [0.29, 0.717) is 48.6 Å². The largest absolute Gasteiger partial charge is 0.464 e. The summed E-state index contributed by atoms with van der Waals surface area (Å²) in [5.74, 6) is -1.05. The Morgan fingerprint density at radius 3 is 2.44 bits per heavy atom. The number of carbonyl (C=O) groups is 3. The summed E-state index contributed by atoms with van der Waals surface area (Å²) in [7, 11) is 1.34. The molecule has 3 rings (SSSR count). The Balaban J connectivity index is 1.94. The van der Waals surface area contributed by atoms with Crippen molar-refractivity contribution in [2.24, 2.45) is 0 Å². The Morgan fingerprint density at radius 2 is 1.88 bits per heavy atom. The van der Waals surface area contributed by atoms with Crippen molar-refractivity contribution in [2.45, 2.75) is 65.5 Å². The van der Waals surface area contributed by atoms with Gasteiger partial charge < -0.3 is 18.9 Å². The molecule has 1 saturated heterocycles. The number of methoxy groups -OCH3 is 1. The lowest BCUT2D eigenvalue weighted by Crippen LogP contribution is -2.43. The minimum absolute atomic E-state index is 0.0575. The van der Waals surface area contributed by atoms with Gasteiger partial charge in [0, 0.05) is 31.0 Å². The second-order valence-electron chi connectivity index (χ2n) is 8.82. The zero-order valence-electron chi connectivity index (χ0n) is 20.9. The van der Waals surface area contributed by atoms with Crippen molar-refractivity contribution in [3.63, 3.8) is 0 Å². The normalized spacial score (nSPS) is 16.3. The molecule has 0 saturated carbocycles. The predicted octanol–water partition coefficient (Wildman–Crippen LogP) is 4.30. The third kappa shape index (κ3) is 5.25. The number of Topliss-reactive ketones (excluding diaryl/α,β-unsaturated/α-hetero) is 1. The average Bonchev–Trinajstić information content (AvgIpc) is 3.44. The zero-order valence-corrected chi connectivity index (χ0v) is 20.9. The number of carbonyl (C=O) groups excluding carboxylic acids is 3. The third-order valence-corrected chi connectivity index (χ3v) is 6.74. The second kappa shape index (κ2) is 11.5. The summed E-state index contributed by atoms with van der Waals surface area (Å²) < 4.78 is 12.6. The maximum absolute atomic E-state index is 13.7. The van der Waals surface area contributed by atoms with Crippen LogP contribution in [0.1, 0.15) is 76.7 Å². The summed E-state index contributed by atoms with van der Waals surface area (Å²) in [5.41, 5.74) is 3.12. The SMILES string of the molecule is CCC(C(=O)N(CC(=O)c1c(C)c(C(=O)OC)n(CC)c1C)CC1CCCO1)c1ccccc1. The quantitative estimate of drug-likeness (QED) is 0.384. The number of benzene rings is 1. The van der Waals surface area contributed by atoms with Gasteiger partial charge in [-0.15, -0.1) is 0 Å². The molecule has 1 amide bonds. The Hall–Kier alpha value is -2.93. The lowest BCUT2D eigenvalue weighted by molar-refractivity contribution is -0.134. The second-order valence-corrected chi connectivity index (χ2v) is 8.82. The van der Waals surface area contributed by atoms with Gasteiger partial charge in [0.15, 0.2) is 5.78 Å². The van der Waals surface area contributed by atoms with Gasteiger partial charge in [-0.25, -0.2) is 4.79 Å². The number of ketones is 1. The van der Waals surface area contributed by atoms with Crippen molar-refractivity contribution in [1.29, 1.82) is 0 Å². The van der Waals surface area contributed by atoms with Gasteiger partial charge in [-0.2, -0.15) is 0 Å². The molecule has 1 aromatic carbocycles. The summed E-state index contributed by atoms with van der Waals surface area (Å²) in [6, 6.07) is 9.69. The Morgan fingerprint density at radius 1 is 1.18 bits per heavy atom. The molecule has 1 fully saturated rings. The molecule has 1 aliphatic rings. The lowest BCUT2D eigenvalue weighted by atomic mass is 9.94. The van der Waals surface area contributed by atoms with Crippen LogP contribution in [0.4, 0.5) is 0 Å². The van der Waals surface area contributed by atoms with Crippen LogP contribution in [0.5, 0.6) is 0 Å². The molecule has 1 aliphatic heterocycles. The molecule has 34 heavy (non-hydrogen) atoms. The van der Waals surface area contributed by atoms with Crippen molar-refractivity contribution in [2.75, 3.05) is 26.8 Å². The minimum Gasteiger partial charge on any atom is -0.464 e. The first-order valence-corrected chi connectivity index (χ1v) is 12.1. The van der Waals surface area contributed by atoms with Crippen molar-refractivity contribution in [3.05, 3.63) is 58.4 Å². The van der Waals surface area contributed by atoms with E-state index in [0.717, 1.165) is 18.4 Å². The first-order chi connectivity index (χ1) is 16.3. The van der Waals surface area contributed by atoms with Crippen molar-refractivity contribution in [1.82, 2.24) is 9.47 Å². The first kappa shape index (κ1) is 25.7. The number of hydrogen-bond donors (Lipinski definition) is 0. The third-order valence-electron chi connectivity index (χ3n) is 6.74. The van der Waals surface area contributed by atoms with Gasteiger partial charge in [-0.05, 0) is 51.2 Å². The molecule has 0 radical (unpaired) electrons. The van der Waals surface area contributed by atoms with Crippen molar-refractivity contribution in [3.8, 4) is 0 Å². The molecule has 2 heterocycles. The van der Waals surface area contributed by atoms with E-state index < -0.39 is 5.97 Å². The van der Waals surface area contributed by atoms with Crippen LogP contribution >= 0.6 is 0 Å². The topological polar surface area (TPSA) is 77.8 Å². The van der Waals surface area contributed by atoms with Crippen LogP contribution in [0.25, 0.3) is 0 Å². The van der Waals surface area contributed by atoms with Crippen LogP contribution in [0.15, 0.2) is 30.3 Å². The fourth-order valence-corrected chi connectivity index (χ4v) is 5.04. The van der Waals surface area contributed by atoms with Crippen LogP contribution < -0.4 is 0 Å². The van der Waals surface area contributed by atoms with Gasteiger partial charge in [0.25, 0.3) is 0 Å². The molecule has 7 heteroatoms. The highest BCUT2D eigenvalue weighted by atomic mass is 16.5. The van der Waals surface area contributed by atoms with Gasteiger partial charge in [0.2, 0.25) is 5.91 Å². The molecular weight excluding hydrogens is 432 g/mol. The van der Waals surface area contributed by atoms with E-state index in [1.54, 1.807) is 16.4 Å². The fourth-order valence-electron chi connectivity index (χ4n) is 5.04. The average molecular weight is 469 g/mol. The molecule has 0 bridgehead atoms. The van der Waals surface area contributed by atoms with Gasteiger partial charge in [-0.1, -0.05) is 37.3 Å². The summed E-state index contributed by atoms with van der Waals surface area (Å²) in [6.45, 7) is 9.05. The van der Waals surface area contributed by atoms with Crippen LogP contribution in [-0.4, -0.2) is 60.0 Å². The highest BCUT2D eigenvalue weighted by Crippen LogP contribution is 2.27. The first-order valence-electron chi connectivity index (χ1n) is 12.1. The fraction of sp³-hybridized carbons (Fsp3) is 0.519. The highest BCUT2D eigenvalue weighted by molar-refractivity contribution is 6.05. The van der Waals surface area contributed by atoms with Crippen molar-refractivity contribution < 1.29 is 23.9 Å². The zero-order chi connectivity index (χ0) is 24.8. The lowest BCUT2D eigenvalue weighted by Gasteiger charge is -2.29. The molecule has 1 aromatic heterocycles. The number of esters is 1. The Bertz CT molecular complexity index is 1020. The van der Waals surface area contributed by atoms with Gasteiger partial charge in [0.05, 0.1) is 25.7 Å². The summed E-state index contributed by atoms with van der Waals surface area (Å²) in [4.78, 5) is 41.4. The number of nitrogens with zero attached hydrogens (tertiary/aromatic N) is 2. The van der Waals surface area contributed by atoms with E-state index in [2.05, 4.69) is 0 Å². The highest BCUT2D eigenvalue weighted by Gasteiger charge is 2.32. The standard InChI is InChI=1S/C27H36N2O5/c1-6-22(20-12-9-8-10-13-20)26(31)28(16-21-14-11-15-34-21)17-23(30)24-18(3)25(27(32)33-5)29(7-2)19(24)4/h8-10,12-13,21-22H,6-7,11,14-17H2,1-5H3. The summed E-state index contributed by atoms with van der Waals surface area (Å²) >= 11 is 0. The van der Waals surface area contributed by atoms with E-state index in [9.17, 15) is 14.4 Å². The molecule has 184 valence electrons. The van der Waals surface area contributed by atoms with E-state index in [-0.39, 0.29) is 30.3 Å². The number of aromatic nitrogens is 1. The Labute approximate surface area is 202 Å². The predicted molar refractivity (Wildman–Crippen MR) is 130 cm³/mol. The molecule has 0 spiro atoms. The monoisotopic (exact) mass is 468 g/mol. The van der Waals surface area contributed by atoms with Gasteiger partial charge in [0.1, 0.15) is 5.69 Å². The van der Waals surface area contributed by atoms with Gasteiger partial charge in [-0.3, -0.25) is 9.59 Å². The van der Waals surface area contributed by atoms with E-state index in [1.807, 2.05) is 51.1 Å². The van der Waals surface area contributed by atoms with Crippen LogP contribution in [0.2, 0.25) is 0 Å². The number of ether oxygens (including phenoxy) is 2. The van der Waals surface area contributed by atoms with E-state index in [4.69, 9.17) is 9.47 Å². The van der Waals surface area contributed by atoms with Crippen LogP contribution in [0.3, 0.4) is 0 Å². The molecule has 2 atom stereocenters. The molecule has 2 aromatic rings. The molecule has 2 unspecified atom stereocenters.